The van der Waals surface area contributed by atoms with Gasteiger partial charge in [-0.2, -0.15) is 0 Å². The maximum absolute atomic E-state index is 14.3. The first-order valence-electron chi connectivity index (χ1n) is 34.8. The molecule has 0 saturated carbocycles. The summed E-state index contributed by atoms with van der Waals surface area (Å²) in [6, 6.07) is 9.16. The number of aliphatic hydroxyl groups is 15. The van der Waals surface area contributed by atoms with E-state index in [1.807, 2.05) is 24.3 Å². The number of rotatable bonds is 46. The number of fused-ring (bicyclic) bond motifs is 2. The van der Waals surface area contributed by atoms with Crippen LogP contribution in [0, 0.1) is 0 Å². The SMILES string of the molecule is CN(Cc1nc2ccccc2[nH]1)[C@H](O)c1ccc2c(c1)CN(CCCCCCN[C@H](O)[C@H](CC[C@@H](O)NCC(O)C(O)[C@@H](O)[C@H](O)CO)N[C@H](O)[C@H](CCC(=O)NCC(O)C(O)C(O)[C@H](O)CO)NC(=O)CN1CCN(CC(=O)O)CCN(CC(=O)O)CCN(CC(=O)O)CC1)[C@H](O)C(CC(=O)O)N2. The minimum absolute atomic E-state index is 0.00638. The van der Waals surface area contributed by atoms with Gasteiger partial charge in [-0.1, -0.05) is 31.0 Å². The highest BCUT2D eigenvalue weighted by atomic mass is 16.4. The van der Waals surface area contributed by atoms with E-state index in [9.17, 15) is 126 Å². The lowest BCUT2D eigenvalue weighted by atomic mass is 10.0. The van der Waals surface area contributed by atoms with Gasteiger partial charge in [-0.05, 0) is 81.1 Å². The number of aliphatic hydroxyl groups excluding tert-OH is 15. The van der Waals surface area contributed by atoms with Crippen LogP contribution in [0.15, 0.2) is 42.5 Å². The maximum atomic E-state index is 14.3. The largest absolute Gasteiger partial charge is 0.481 e. The number of aromatic amines is 1. The Bertz CT molecular complexity index is 3020. The molecular formula is C65H110N14O25. The number of carboxylic acids is 4. The first-order chi connectivity index (χ1) is 49.3. The fourth-order valence-electron chi connectivity index (χ4n) is 12.2. The van der Waals surface area contributed by atoms with Crippen LogP contribution in [-0.2, 0) is 41.9 Å². The number of unbranched alkanes of at least 4 members (excludes halogenated alkanes) is 3. The number of carbonyl (C=O) groups excluding carboxylic acids is 2. The number of amides is 2. The average molecular weight is 1490 g/mol. The van der Waals surface area contributed by atoms with E-state index in [0.29, 0.717) is 54.9 Å². The number of benzene rings is 2. The van der Waals surface area contributed by atoms with Crippen LogP contribution in [0.5, 0.6) is 0 Å². The van der Waals surface area contributed by atoms with E-state index in [2.05, 4.69) is 41.9 Å². The molecule has 26 N–H and O–H groups in total. The lowest BCUT2D eigenvalue weighted by molar-refractivity contribution is -0.140. The highest BCUT2D eigenvalue weighted by Gasteiger charge is 2.36. The number of para-hydroxylation sites is 2. The van der Waals surface area contributed by atoms with Gasteiger partial charge in [0.25, 0.3) is 0 Å². The van der Waals surface area contributed by atoms with Gasteiger partial charge < -0.3 is 118 Å². The zero-order valence-electron chi connectivity index (χ0n) is 58.4. The molecule has 3 heterocycles. The van der Waals surface area contributed by atoms with Crippen LogP contribution >= 0.6 is 0 Å². The number of nitrogens with zero attached hydrogens (tertiary/aromatic N) is 7. The van der Waals surface area contributed by atoms with Gasteiger partial charge in [-0.25, -0.2) is 4.98 Å². The normalized spacial score (nSPS) is 20.7. The second kappa shape index (κ2) is 45.3. The van der Waals surface area contributed by atoms with Crippen LogP contribution in [0.2, 0.25) is 0 Å². The summed E-state index contributed by atoms with van der Waals surface area (Å²) in [7, 11) is 1.74. The number of imidazole rings is 1. The topological polar surface area (TPSA) is 607 Å². The Labute approximate surface area is 600 Å². The van der Waals surface area contributed by atoms with Gasteiger partial charge in [-0.3, -0.25) is 74.1 Å². The van der Waals surface area contributed by atoms with E-state index >= 15 is 0 Å². The maximum Gasteiger partial charge on any atom is 0.317 e. The van der Waals surface area contributed by atoms with Crippen LogP contribution in [0.3, 0.4) is 0 Å². The molecule has 2 aliphatic heterocycles. The molecule has 0 spiro atoms. The molecule has 1 aromatic heterocycles. The summed E-state index contributed by atoms with van der Waals surface area (Å²) in [6.45, 7) is -3.70. The van der Waals surface area contributed by atoms with Gasteiger partial charge in [0.05, 0.1) is 87.7 Å². The highest BCUT2D eigenvalue weighted by Crippen LogP contribution is 2.31. The van der Waals surface area contributed by atoms with Gasteiger partial charge in [0, 0.05) is 96.7 Å². The van der Waals surface area contributed by atoms with Crippen LogP contribution in [0.4, 0.5) is 5.69 Å². The fraction of sp³-hybridized carbons (Fsp3) is 0.708. The summed E-state index contributed by atoms with van der Waals surface area (Å²) in [6.07, 6.45) is -22.5. The molecule has 2 aliphatic rings. The predicted molar refractivity (Wildman–Crippen MR) is 369 cm³/mol. The summed E-state index contributed by atoms with van der Waals surface area (Å²) in [5.41, 5.74) is 3.45. The molecular weight excluding hydrogens is 1380 g/mol. The summed E-state index contributed by atoms with van der Waals surface area (Å²) < 4.78 is 0. The van der Waals surface area contributed by atoms with Gasteiger partial charge in [0.15, 0.2) is 0 Å². The summed E-state index contributed by atoms with van der Waals surface area (Å²) in [5.74, 6) is -5.67. The molecule has 0 radical (unpaired) electrons. The van der Waals surface area contributed by atoms with Crippen LogP contribution < -0.4 is 31.9 Å². The second-order valence-corrected chi connectivity index (χ2v) is 26.6. The quantitative estimate of drug-likeness (QED) is 0.0184. The number of hydrogen-bond acceptors (Lipinski definition) is 32. The first kappa shape index (κ1) is 88.2. The van der Waals surface area contributed by atoms with E-state index in [4.69, 9.17) is 0 Å². The third-order valence-corrected chi connectivity index (χ3v) is 18.3. The Balaban J connectivity index is 1.32. The van der Waals surface area contributed by atoms with Gasteiger partial charge >= 0.3 is 23.9 Å². The number of aliphatic carboxylic acids is 4. The van der Waals surface area contributed by atoms with Crippen molar-refractivity contribution in [1.82, 2.24) is 66.0 Å². The fourth-order valence-corrected chi connectivity index (χ4v) is 12.2. The summed E-state index contributed by atoms with van der Waals surface area (Å²) in [5, 5.41) is 214. The van der Waals surface area contributed by atoms with Gasteiger partial charge in [-0.15, -0.1) is 0 Å². The molecule has 39 nitrogen and oxygen atoms in total. The standard InChI is InChI=1S/C65H110N14O25/c1-74(31-50-70-41-8-4-5-9-42(41)71-50)64(103)38-10-11-40-39(26-38)30-79(65(104)45(69-40)27-54(89)90)17-7-3-2-6-16-66-62(101)43(12-14-51(86)67-28-46(82)58(97)60(99)48(84)36-80)73-63(102)44(13-15-52(87)68-29-47(83)59(98)61(100)49(85)37-81)72-53(88)32-75-18-20-76(33-55(91)92)22-24-78(35-57(95)96)25-23-77(21-19-75)34-56(93)94/h4-5,8-11,26,43-49,51,58-67,69,73,80-86,97-104H,2-3,6-7,12-25,27-37H2,1H3,(H,68,87)(H,70,71)(H,72,88)(H,89,90)(H,91,92)(H,93,94)(H,95,96)/t43-,44-,45?,46?,47?,48+,49+,51+,58?,59?,60-,61?,62+,63+,64+,65+/m0/s1. The molecule has 5 rings (SSSR count). The van der Waals surface area contributed by atoms with Gasteiger partial charge in [0.2, 0.25) is 11.8 Å². The smallest absolute Gasteiger partial charge is 0.317 e. The number of carbonyl (C=O) groups is 6. The molecule has 6 unspecified atom stereocenters. The number of hydrogen-bond donors (Lipinski definition) is 26. The van der Waals surface area contributed by atoms with Crippen LogP contribution in [0.1, 0.15) is 81.0 Å². The minimum Gasteiger partial charge on any atom is -0.481 e. The lowest BCUT2D eigenvalue weighted by Gasteiger charge is -2.34. The van der Waals surface area contributed by atoms with Crippen molar-refractivity contribution in [2.24, 2.45) is 0 Å². The lowest BCUT2D eigenvalue weighted by Crippen LogP contribution is -2.59. The minimum atomic E-state index is -2.04. The zero-order chi connectivity index (χ0) is 76.7. The van der Waals surface area contributed by atoms with E-state index in [1.54, 1.807) is 44.8 Å². The molecule has 0 bridgehead atoms. The number of anilines is 1. The Morgan fingerprint density at radius 3 is 1.68 bits per heavy atom. The van der Waals surface area contributed by atoms with E-state index in [0.717, 1.165) is 11.0 Å². The first-order valence-corrected chi connectivity index (χ1v) is 34.8. The van der Waals surface area contributed by atoms with E-state index in [-0.39, 0.29) is 84.8 Å². The predicted octanol–water partition coefficient (Wildman–Crippen LogP) is -8.76. The van der Waals surface area contributed by atoms with Crippen molar-refractivity contribution >= 4 is 52.4 Å². The van der Waals surface area contributed by atoms with Gasteiger partial charge in [0.1, 0.15) is 73.6 Å². The molecule has 3 aromatic rings. The third kappa shape index (κ3) is 30.4. The van der Waals surface area contributed by atoms with E-state index < -0.39 is 206 Å². The molecule has 104 heavy (non-hydrogen) atoms. The van der Waals surface area contributed by atoms with Crippen molar-refractivity contribution in [2.45, 2.75) is 169 Å². The number of carboxylic acid groups (broad SMARTS) is 4. The number of nitrogens with one attached hydrogen (secondary N) is 7. The monoisotopic (exact) mass is 1490 g/mol. The molecule has 2 aromatic carbocycles. The number of aromatic nitrogens is 2. The highest BCUT2D eigenvalue weighted by molar-refractivity contribution is 5.79. The molecule has 2 amide bonds. The zero-order valence-corrected chi connectivity index (χ0v) is 58.4. The van der Waals surface area contributed by atoms with Crippen molar-refractivity contribution in [1.29, 1.82) is 0 Å². The second-order valence-electron chi connectivity index (χ2n) is 26.6. The van der Waals surface area contributed by atoms with E-state index in [1.165, 1.54) is 9.80 Å². The number of H-pyrrole nitrogens is 1. The molecule has 39 heteroatoms. The van der Waals surface area contributed by atoms with Crippen molar-refractivity contribution < 1.29 is 126 Å². The Kier molecular flexibility index (Phi) is 38.4. The Morgan fingerprint density at radius 1 is 0.596 bits per heavy atom. The van der Waals surface area contributed by atoms with Crippen molar-refractivity contribution in [2.75, 3.05) is 130 Å². The van der Waals surface area contributed by atoms with Crippen LogP contribution in [0.25, 0.3) is 11.0 Å². The molecule has 1 fully saturated rings. The van der Waals surface area contributed by atoms with Crippen molar-refractivity contribution in [3.05, 3.63) is 59.4 Å². The average Bonchev–Trinajstić information content (AvgIpc) is 1.62. The van der Waals surface area contributed by atoms with Crippen molar-refractivity contribution in [3.8, 4) is 0 Å². The summed E-state index contributed by atoms with van der Waals surface area (Å²) in [4.78, 5) is 93.0. The van der Waals surface area contributed by atoms with Crippen molar-refractivity contribution in [3.63, 3.8) is 0 Å². The molecule has 1 saturated heterocycles. The van der Waals surface area contributed by atoms with Crippen LogP contribution in [-0.4, -0.2) is 389 Å². The molecule has 0 aliphatic carbocycles. The molecule has 590 valence electrons. The third-order valence-electron chi connectivity index (χ3n) is 18.3. The molecule has 16 atom stereocenters. The summed E-state index contributed by atoms with van der Waals surface area (Å²) >= 11 is 0. The Hall–Kier alpha value is -6.43. The Morgan fingerprint density at radius 2 is 1.13 bits per heavy atom.